The van der Waals surface area contributed by atoms with Gasteiger partial charge in [-0.1, -0.05) is 13.3 Å². The highest BCUT2D eigenvalue weighted by atomic mass is 16.4. The van der Waals surface area contributed by atoms with Crippen LogP contribution in [0.3, 0.4) is 0 Å². The minimum absolute atomic E-state index is 0.000810. The Labute approximate surface area is 107 Å². The van der Waals surface area contributed by atoms with Gasteiger partial charge in [0.15, 0.2) is 0 Å². The summed E-state index contributed by atoms with van der Waals surface area (Å²) in [5, 5.41) is 15.4. The van der Waals surface area contributed by atoms with Gasteiger partial charge in [0.1, 0.15) is 0 Å². The molecular weight excluding hydrogens is 232 g/mol. The van der Waals surface area contributed by atoms with Gasteiger partial charge in [0.05, 0.1) is 5.41 Å². The summed E-state index contributed by atoms with van der Waals surface area (Å²) in [4.78, 5) is 23.4. The van der Waals surface area contributed by atoms with Crippen molar-refractivity contribution in [1.29, 1.82) is 0 Å². The van der Waals surface area contributed by atoms with E-state index >= 15 is 0 Å². The summed E-state index contributed by atoms with van der Waals surface area (Å²) in [5.41, 5.74) is -0.798. The third-order valence-corrected chi connectivity index (χ3v) is 4.70. The Bertz CT molecular complexity index is 354. The maximum absolute atomic E-state index is 12.1. The molecule has 0 bridgehead atoms. The number of carboxylic acid groups (broad SMARTS) is 1. The van der Waals surface area contributed by atoms with E-state index in [-0.39, 0.29) is 17.9 Å². The fourth-order valence-corrected chi connectivity index (χ4v) is 2.84. The highest BCUT2D eigenvalue weighted by molar-refractivity contribution is 5.81. The molecule has 0 aromatic heterocycles. The van der Waals surface area contributed by atoms with Crippen LogP contribution in [0, 0.1) is 17.3 Å². The van der Waals surface area contributed by atoms with E-state index in [9.17, 15) is 14.7 Å². The number of hydrogen-bond acceptors (Lipinski definition) is 3. The van der Waals surface area contributed by atoms with Crippen molar-refractivity contribution >= 4 is 11.9 Å². The van der Waals surface area contributed by atoms with Crippen LogP contribution in [0.5, 0.6) is 0 Å². The van der Waals surface area contributed by atoms with Gasteiger partial charge in [-0.3, -0.25) is 9.59 Å². The second-order valence-corrected chi connectivity index (χ2v) is 5.88. The van der Waals surface area contributed by atoms with Crippen molar-refractivity contribution in [2.45, 2.75) is 39.2 Å². The molecule has 3 unspecified atom stereocenters. The molecule has 1 saturated carbocycles. The van der Waals surface area contributed by atoms with Gasteiger partial charge in [-0.2, -0.15) is 0 Å². The molecule has 1 aliphatic carbocycles. The minimum atomic E-state index is -0.803. The van der Waals surface area contributed by atoms with Crippen LogP contribution in [0.1, 0.15) is 33.1 Å². The van der Waals surface area contributed by atoms with E-state index in [0.717, 1.165) is 25.9 Å². The van der Waals surface area contributed by atoms with E-state index in [1.54, 1.807) is 6.92 Å². The molecular formula is C13H22N2O3. The summed E-state index contributed by atoms with van der Waals surface area (Å²) < 4.78 is 0. The first kappa shape index (κ1) is 13.3. The Hall–Kier alpha value is -1.10. The number of carbonyl (C=O) groups is 2. The molecule has 102 valence electrons. The topological polar surface area (TPSA) is 78.4 Å². The molecule has 3 atom stereocenters. The van der Waals surface area contributed by atoms with Crippen molar-refractivity contribution in [2.24, 2.45) is 17.3 Å². The smallest absolute Gasteiger partial charge is 0.311 e. The molecule has 1 saturated heterocycles. The second kappa shape index (κ2) is 4.88. The number of rotatable bonds is 4. The summed E-state index contributed by atoms with van der Waals surface area (Å²) in [6.07, 6.45) is 2.28. The second-order valence-electron chi connectivity index (χ2n) is 5.88. The van der Waals surface area contributed by atoms with Crippen molar-refractivity contribution in [3.63, 3.8) is 0 Å². The van der Waals surface area contributed by atoms with Gasteiger partial charge < -0.3 is 15.7 Å². The van der Waals surface area contributed by atoms with Gasteiger partial charge in [-0.15, -0.1) is 0 Å². The Morgan fingerprint density at radius 2 is 2.11 bits per heavy atom. The Balaban J connectivity index is 1.95. The molecule has 1 aliphatic heterocycles. The van der Waals surface area contributed by atoms with Gasteiger partial charge in [0, 0.05) is 12.0 Å². The van der Waals surface area contributed by atoms with Gasteiger partial charge in [-0.25, -0.2) is 0 Å². The zero-order valence-electron chi connectivity index (χ0n) is 11.0. The Morgan fingerprint density at radius 1 is 1.44 bits per heavy atom. The number of carboxylic acids is 1. The summed E-state index contributed by atoms with van der Waals surface area (Å²) in [5.74, 6) is -0.448. The molecule has 2 rings (SSSR count). The lowest BCUT2D eigenvalue weighted by molar-refractivity contribution is -0.149. The third kappa shape index (κ3) is 2.23. The molecule has 2 fully saturated rings. The summed E-state index contributed by atoms with van der Waals surface area (Å²) in [6, 6.07) is -0.224. The lowest BCUT2D eigenvalue weighted by atomic mass is 9.83. The van der Waals surface area contributed by atoms with E-state index in [1.807, 2.05) is 6.92 Å². The highest BCUT2D eigenvalue weighted by Gasteiger charge is 2.46. The average molecular weight is 254 g/mol. The third-order valence-electron chi connectivity index (χ3n) is 4.70. The van der Waals surface area contributed by atoms with Crippen LogP contribution in [0.2, 0.25) is 0 Å². The standard InChI is InChI=1S/C13H22N2O3/c1-8(9-6-14-7-9)11(16)15-10-4-3-5-13(10,2)12(17)18/h8-10,14H,3-7H2,1-2H3,(H,15,16)(H,17,18). The van der Waals surface area contributed by atoms with Gasteiger partial charge in [0.2, 0.25) is 5.91 Å². The van der Waals surface area contributed by atoms with Crippen LogP contribution in [-0.2, 0) is 9.59 Å². The quantitative estimate of drug-likeness (QED) is 0.686. The lowest BCUT2D eigenvalue weighted by Crippen LogP contribution is -2.53. The minimum Gasteiger partial charge on any atom is -0.481 e. The highest BCUT2D eigenvalue weighted by Crippen LogP contribution is 2.38. The molecule has 5 nitrogen and oxygen atoms in total. The van der Waals surface area contributed by atoms with Crippen molar-refractivity contribution < 1.29 is 14.7 Å². The first-order valence-electron chi connectivity index (χ1n) is 6.69. The van der Waals surface area contributed by atoms with E-state index in [1.165, 1.54) is 0 Å². The van der Waals surface area contributed by atoms with Crippen molar-refractivity contribution in [3.8, 4) is 0 Å². The van der Waals surface area contributed by atoms with E-state index in [2.05, 4.69) is 10.6 Å². The van der Waals surface area contributed by atoms with Crippen LogP contribution in [0.25, 0.3) is 0 Å². The molecule has 0 spiro atoms. The van der Waals surface area contributed by atoms with Gasteiger partial charge in [0.25, 0.3) is 0 Å². The molecule has 18 heavy (non-hydrogen) atoms. The molecule has 0 radical (unpaired) electrons. The van der Waals surface area contributed by atoms with Crippen molar-refractivity contribution in [1.82, 2.24) is 10.6 Å². The summed E-state index contributed by atoms with van der Waals surface area (Å²) in [7, 11) is 0. The molecule has 1 heterocycles. The lowest BCUT2D eigenvalue weighted by Gasteiger charge is -2.34. The normalized spacial score (nSPS) is 33.8. The maximum Gasteiger partial charge on any atom is 0.311 e. The van der Waals surface area contributed by atoms with E-state index in [0.29, 0.717) is 12.3 Å². The van der Waals surface area contributed by atoms with Crippen molar-refractivity contribution in [2.75, 3.05) is 13.1 Å². The first-order chi connectivity index (χ1) is 8.45. The number of aliphatic carboxylic acids is 1. The van der Waals surface area contributed by atoms with Crippen LogP contribution >= 0.6 is 0 Å². The van der Waals surface area contributed by atoms with E-state index in [4.69, 9.17) is 0 Å². The summed E-state index contributed by atoms with van der Waals surface area (Å²) >= 11 is 0. The fourth-order valence-electron chi connectivity index (χ4n) is 2.84. The number of hydrogen-bond donors (Lipinski definition) is 3. The fraction of sp³-hybridized carbons (Fsp3) is 0.846. The van der Waals surface area contributed by atoms with Crippen LogP contribution < -0.4 is 10.6 Å². The first-order valence-corrected chi connectivity index (χ1v) is 6.69. The number of nitrogens with one attached hydrogen (secondary N) is 2. The summed E-state index contributed by atoms with van der Waals surface area (Å²) in [6.45, 7) is 5.43. The monoisotopic (exact) mass is 254 g/mol. The van der Waals surface area contributed by atoms with Crippen LogP contribution in [-0.4, -0.2) is 36.1 Å². The molecule has 0 aromatic carbocycles. The largest absolute Gasteiger partial charge is 0.481 e. The predicted octanol–water partition coefficient (Wildman–Crippen LogP) is 0.602. The molecule has 0 aromatic rings. The predicted molar refractivity (Wildman–Crippen MR) is 67.0 cm³/mol. The SMILES string of the molecule is CC(C(=O)NC1CCCC1(C)C(=O)O)C1CNC1. The maximum atomic E-state index is 12.1. The molecule has 1 amide bonds. The Kier molecular flexibility index (Phi) is 3.61. The molecule has 3 N–H and O–H groups in total. The zero-order chi connectivity index (χ0) is 13.3. The van der Waals surface area contributed by atoms with E-state index < -0.39 is 11.4 Å². The zero-order valence-corrected chi connectivity index (χ0v) is 11.0. The molecule has 5 heteroatoms. The molecule has 2 aliphatic rings. The van der Waals surface area contributed by atoms with Crippen LogP contribution in [0.4, 0.5) is 0 Å². The average Bonchev–Trinajstić information content (AvgIpc) is 2.59. The van der Waals surface area contributed by atoms with Crippen LogP contribution in [0.15, 0.2) is 0 Å². The Morgan fingerprint density at radius 3 is 2.61 bits per heavy atom. The van der Waals surface area contributed by atoms with Gasteiger partial charge in [-0.05, 0) is 38.8 Å². The van der Waals surface area contributed by atoms with Gasteiger partial charge >= 0.3 is 5.97 Å². The number of carbonyl (C=O) groups excluding carboxylic acids is 1. The van der Waals surface area contributed by atoms with Crippen molar-refractivity contribution in [3.05, 3.63) is 0 Å². The number of amides is 1.